The average Bonchev–Trinajstić information content (AvgIpc) is 1.82. The monoisotopic (exact) mass is 187 g/mol. The first-order valence-electron chi connectivity index (χ1n) is 3.55. The number of carbonyl (C=O) groups is 2. The van der Waals surface area contributed by atoms with Gasteiger partial charge >= 0.3 is 6.09 Å². The fraction of sp³-hybridized carbons (Fsp3) is 0.429. The summed E-state index contributed by atoms with van der Waals surface area (Å²) in [6.45, 7) is 4.53. The van der Waals surface area contributed by atoms with Crippen LogP contribution in [0.4, 0.5) is 4.79 Å². The molecule has 0 atom stereocenters. The van der Waals surface area contributed by atoms with E-state index in [9.17, 15) is 9.59 Å². The quantitative estimate of drug-likeness (QED) is 0.413. The van der Waals surface area contributed by atoms with Crippen molar-refractivity contribution in [2.45, 2.75) is 19.1 Å². The highest BCUT2D eigenvalue weighted by molar-refractivity contribution is 5.92. The predicted octanol–water partition coefficient (Wildman–Crippen LogP) is -0.340. The largest absolute Gasteiger partial charge is 0.465 e. The van der Waals surface area contributed by atoms with Gasteiger partial charge in [0.25, 0.3) is 0 Å². The van der Waals surface area contributed by atoms with Crippen molar-refractivity contribution in [2.75, 3.05) is 0 Å². The highest BCUT2D eigenvalue weighted by atomic mass is 16.4. The van der Waals surface area contributed by atoms with Gasteiger partial charge in [-0.25, -0.2) is 9.69 Å². The summed E-state index contributed by atoms with van der Waals surface area (Å²) in [6, 6.07) is 0. The van der Waals surface area contributed by atoms with Crippen LogP contribution in [0.5, 0.6) is 0 Å². The SMILES string of the molecule is C=CCC(=O)N(C(=O)O)C(C)(N)N. The van der Waals surface area contributed by atoms with E-state index < -0.39 is 17.8 Å². The number of nitrogens with two attached hydrogens (primary N) is 2. The molecule has 0 heterocycles. The van der Waals surface area contributed by atoms with Crippen LogP contribution in [-0.2, 0) is 4.79 Å². The molecule has 0 spiro atoms. The molecule has 0 fully saturated rings. The molecule has 2 amide bonds. The molecule has 0 aromatic heterocycles. The number of rotatable bonds is 3. The van der Waals surface area contributed by atoms with Crippen molar-refractivity contribution in [3.05, 3.63) is 12.7 Å². The standard InChI is InChI=1S/C7H13N3O3/c1-3-4-5(11)10(6(12)13)7(2,8)9/h3H,1,4,8-9H2,2H3,(H,12,13). The van der Waals surface area contributed by atoms with Gasteiger partial charge in [-0.3, -0.25) is 16.3 Å². The van der Waals surface area contributed by atoms with Gasteiger partial charge in [0.05, 0.1) is 0 Å². The lowest BCUT2D eigenvalue weighted by molar-refractivity contribution is -0.132. The Labute approximate surface area is 75.8 Å². The molecule has 0 radical (unpaired) electrons. The smallest absolute Gasteiger partial charge is 0.416 e. The number of imide groups is 1. The maximum absolute atomic E-state index is 11.1. The zero-order valence-corrected chi connectivity index (χ0v) is 7.36. The molecule has 0 unspecified atom stereocenters. The fourth-order valence-corrected chi connectivity index (χ4v) is 0.796. The molecular formula is C7H13N3O3. The Hall–Kier alpha value is -1.40. The van der Waals surface area contributed by atoms with Gasteiger partial charge in [-0.2, -0.15) is 0 Å². The van der Waals surface area contributed by atoms with E-state index in [1.807, 2.05) is 0 Å². The van der Waals surface area contributed by atoms with Crippen LogP contribution >= 0.6 is 0 Å². The minimum absolute atomic E-state index is 0.115. The predicted molar refractivity (Wildman–Crippen MR) is 46.5 cm³/mol. The van der Waals surface area contributed by atoms with Crippen LogP contribution in [0.25, 0.3) is 0 Å². The summed E-state index contributed by atoms with van der Waals surface area (Å²) in [5.74, 6) is -2.40. The molecule has 13 heavy (non-hydrogen) atoms. The van der Waals surface area contributed by atoms with Crippen LogP contribution in [0, 0.1) is 0 Å². The molecule has 74 valence electrons. The molecule has 0 saturated heterocycles. The lowest BCUT2D eigenvalue weighted by atomic mass is 10.3. The Bertz CT molecular complexity index is 232. The zero-order chi connectivity index (χ0) is 10.6. The molecule has 6 heteroatoms. The van der Waals surface area contributed by atoms with Crippen molar-refractivity contribution in [3.8, 4) is 0 Å². The van der Waals surface area contributed by atoms with Gasteiger partial charge in [-0.05, 0) is 6.92 Å². The molecule has 0 aliphatic heterocycles. The van der Waals surface area contributed by atoms with E-state index >= 15 is 0 Å². The van der Waals surface area contributed by atoms with Gasteiger partial charge < -0.3 is 5.11 Å². The molecule has 0 aliphatic carbocycles. The summed E-state index contributed by atoms with van der Waals surface area (Å²) < 4.78 is 0. The Morgan fingerprint density at radius 2 is 2.08 bits per heavy atom. The first kappa shape index (κ1) is 11.6. The maximum Gasteiger partial charge on any atom is 0.416 e. The Morgan fingerprint density at radius 1 is 1.62 bits per heavy atom. The molecular weight excluding hydrogens is 174 g/mol. The first-order valence-corrected chi connectivity index (χ1v) is 3.55. The van der Waals surface area contributed by atoms with Gasteiger partial charge in [0.1, 0.15) is 0 Å². The molecule has 6 nitrogen and oxygen atoms in total. The summed E-state index contributed by atoms with van der Waals surface area (Å²) in [5, 5.41) is 8.62. The summed E-state index contributed by atoms with van der Waals surface area (Å²) in [4.78, 5) is 22.1. The van der Waals surface area contributed by atoms with Gasteiger partial charge in [0.15, 0.2) is 5.79 Å². The number of amides is 2. The van der Waals surface area contributed by atoms with Gasteiger partial charge in [-0.15, -0.1) is 6.58 Å². The molecule has 0 aliphatic rings. The number of hydrogen-bond donors (Lipinski definition) is 3. The molecule has 0 aromatic rings. The molecule has 0 saturated carbocycles. The second-order valence-electron chi connectivity index (χ2n) is 2.73. The summed E-state index contributed by atoms with van der Waals surface area (Å²) in [7, 11) is 0. The second-order valence-corrected chi connectivity index (χ2v) is 2.73. The third-order valence-electron chi connectivity index (χ3n) is 1.24. The van der Waals surface area contributed by atoms with E-state index in [-0.39, 0.29) is 6.42 Å². The average molecular weight is 187 g/mol. The number of carbonyl (C=O) groups excluding carboxylic acids is 1. The lowest BCUT2D eigenvalue weighted by Crippen LogP contribution is -2.64. The highest BCUT2D eigenvalue weighted by Gasteiger charge is 2.32. The van der Waals surface area contributed by atoms with Crippen LogP contribution in [0.3, 0.4) is 0 Å². The van der Waals surface area contributed by atoms with Crippen LogP contribution in [-0.4, -0.2) is 27.8 Å². The van der Waals surface area contributed by atoms with E-state index in [4.69, 9.17) is 16.6 Å². The zero-order valence-electron chi connectivity index (χ0n) is 7.36. The van der Waals surface area contributed by atoms with Crippen LogP contribution in [0.1, 0.15) is 13.3 Å². The summed E-state index contributed by atoms with van der Waals surface area (Å²) in [5.41, 5.74) is 10.6. The second kappa shape index (κ2) is 4.01. The Balaban J connectivity index is 4.72. The first-order chi connectivity index (χ1) is 5.80. The summed E-state index contributed by atoms with van der Waals surface area (Å²) in [6.07, 6.45) is -0.306. The van der Waals surface area contributed by atoms with E-state index in [1.54, 1.807) is 0 Å². The molecule has 0 bridgehead atoms. The Kier molecular flexibility index (Phi) is 3.58. The maximum atomic E-state index is 11.1. The minimum Gasteiger partial charge on any atom is -0.465 e. The number of carboxylic acid groups (broad SMARTS) is 1. The van der Waals surface area contributed by atoms with Crippen LogP contribution < -0.4 is 11.5 Å². The third-order valence-corrected chi connectivity index (χ3v) is 1.24. The molecule has 0 aromatic carbocycles. The van der Waals surface area contributed by atoms with Gasteiger partial charge in [-0.1, -0.05) is 6.08 Å². The fourth-order valence-electron chi connectivity index (χ4n) is 0.796. The number of nitrogens with zero attached hydrogens (tertiary/aromatic N) is 1. The minimum atomic E-state index is -1.70. The highest BCUT2D eigenvalue weighted by Crippen LogP contribution is 2.04. The Morgan fingerprint density at radius 3 is 2.31 bits per heavy atom. The third kappa shape index (κ3) is 3.22. The van der Waals surface area contributed by atoms with Crippen molar-refractivity contribution in [3.63, 3.8) is 0 Å². The normalized spacial score (nSPS) is 10.7. The van der Waals surface area contributed by atoms with Gasteiger partial charge in [0.2, 0.25) is 5.91 Å². The number of hydrogen-bond acceptors (Lipinski definition) is 4. The van der Waals surface area contributed by atoms with Crippen molar-refractivity contribution in [1.82, 2.24) is 4.90 Å². The molecule has 0 rings (SSSR count). The van der Waals surface area contributed by atoms with Crippen LogP contribution in [0.2, 0.25) is 0 Å². The lowest BCUT2D eigenvalue weighted by Gasteiger charge is -2.30. The van der Waals surface area contributed by atoms with Crippen molar-refractivity contribution >= 4 is 12.0 Å². The van der Waals surface area contributed by atoms with Crippen molar-refractivity contribution < 1.29 is 14.7 Å². The van der Waals surface area contributed by atoms with E-state index in [0.717, 1.165) is 0 Å². The van der Waals surface area contributed by atoms with Crippen molar-refractivity contribution in [2.24, 2.45) is 11.5 Å². The van der Waals surface area contributed by atoms with E-state index in [2.05, 4.69) is 6.58 Å². The van der Waals surface area contributed by atoms with Crippen LogP contribution in [0.15, 0.2) is 12.7 Å². The van der Waals surface area contributed by atoms with Crippen molar-refractivity contribution in [1.29, 1.82) is 0 Å². The van der Waals surface area contributed by atoms with E-state index in [1.165, 1.54) is 13.0 Å². The van der Waals surface area contributed by atoms with Gasteiger partial charge in [0, 0.05) is 6.42 Å². The van der Waals surface area contributed by atoms with E-state index in [0.29, 0.717) is 4.90 Å². The summed E-state index contributed by atoms with van der Waals surface area (Å²) >= 11 is 0. The molecule has 5 N–H and O–H groups in total. The topological polar surface area (TPSA) is 110 Å².